The fourth-order valence-corrected chi connectivity index (χ4v) is 4.40. The van der Waals surface area contributed by atoms with E-state index >= 15 is 0 Å². The lowest BCUT2D eigenvalue weighted by Crippen LogP contribution is -2.54. The number of hydrogen-bond donors (Lipinski definition) is 0. The normalized spacial score (nSPS) is 23.7. The van der Waals surface area contributed by atoms with E-state index in [1.54, 1.807) is 7.11 Å². The molecule has 1 spiro atoms. The molecule has 6 nitrogen and oxygen atoms in total. The van der Waals surface area contributed by atoms with Gasteiger partial charge >= 0.3 is 0 Å². The van der Waals surface area contributed by atoms with Gasteiger partial charge in [0.05, 0.1) is 0 Å². The number of nitrogens with zero attached hydrogens (tertiary/aromatic N) is 4. The predicted octanol–water partition coefficient (Wildman–Crippen LogP) is 2.59. The van der Waals surface area contributed by atoms with Crippen LogP contribution in [0.25, 0.3) is 0 Å². The Morgan fingerprint density at radius 1 is 1.27 bits per heavy atom. The van der Waals surface area contributed by atoms with E-state index in [1.807, 2.05) is 6.92 Å². The van der Waals surface area contributed by atoms with Crippen molar-refractivity contribution in [1.29, 1.82) is 0 Å². The van der Waals surface area contributed by atoms with Gasteiger partial charge in [-0.2, -0.15) is 0 Å². The minimum Gasteiger partial charge on any atom is -0.385 e. The molecule has 1 amide bonds. The molecule has 0 radical (unpaired) electrons. The first kappa shape index (κ1) is 19.1. The average Bonchev–Trinajstić information content (AvgIpc) is 2.64. The molecule has 0 aliphatic carbocycles. The number of carbonyl (C=O) groups is 1. The molecule has 1 atom stereocenters. The fourth-order valence-electron chi connectivity index (χ4n) is 4.40. The van der Waals surface area contributed by atoms with E-state index in [2.05, 4.69) is 27.8 Å². The summed E-state index contributed by atoms with van der Waals surface area (Å²) in [6.45, 7) is 8.52. The van der Waals surface area contributed by atoms with E-state index in [0.717, 1.165) is 69.2 Å². The summed E-state index contributed by atoms with van der Waals surface area (Å²) >= 11 is 0. The van der Waals surface area contributed by atoms with Gasteiger partial charge in [0.25, 0.3) is 0 Å². The molecule has 3 heterocycles. The van der Waals surface area contributed by atoms with Crippen molar-refractivity contribution in [3.05, 3.63) is 17.6 Å². The molecule has 144 valence electrons. The number of carbonyl (C=O) groups excluding carboxylic acids is 1. The Bertz CT molecular complexity index is 636. The van der Waals surface area contributed by atoms with Crippen molar-refractivity contribution in [2.45, 2.75) is 52.4 Å². The van der Waals surface area contributed by atoms with Gasteiger partial charge in [0.2, 0.25) is 5.91 Å². The second kappa shape index (κ2) is 8.33. The van der Waals surface area contributed by atoms with Crippen LogP contribution in [0.3, 0.4) is 0 Å². The highest BCUT2D eigenvalue weighted by Gasteiger charge is 2.41. The Morgan fingerprint density at radius 3 is 2.88 bits per heavy atom. The Labute approximate surface area is 156 Å². The summed E-state index contributed by atoms with van der Waals surface area (Å²) in [5, 5.41) is 0. The molecule has 0 N–H and O–H groups in total. The van der Waals surface area contributed by atoms with Gasteiger partial charge in [-0.1, -0.05) is 6.92 Å². The molecule has 3 rings (SSSR count). The van der Waals surface area contributed by atoms with Crippen LogP contribution >= 0.6 is 0 Å². The molecule has 0 unspecified atom stereocenters. The minimum atomic E-state index is 0.199. The van der Waals surface area contributed by atoms with Gasteiger partial charge < -0.3 is 14.5 Å². The largest absolute Gasteiger partial charge is 0.385 e. The van der Waals surface area contributed by atoms with Gasteiger partial charge in [-0.3, -0.25) is 4.79 Å². The lowest BCUT2D eigenvalue weighted by Gasteiger charge is -2.48. The van der Waals surface area contributed by atoms with Gasteiger partial charge in [0.15, 0.2) is 0 Å². The minimum absolute atomic E-state index is 0.199. The Hall–Kier alpha value is -1.69. The Kier molecular flexibility index (Phi) is 6.12. The zero-order chi connectivity index (χ0) is 18.6. The van der Waals surface area contributed by atoms with Crippen LogP contribution in [-0.4, -0.2) is 60.7 Å². The van der Waals surface area contributed by atoms with Crippen molar-refractivity contribution in [2.24, 2.45) is 5.41 Å². The molecule has 26 heavy (non-hydrogen) atoms. The third-order valence-corrected chi connectivity index (χ3v) is 5.75. The van der Waals surface area contributed by atoms with Crippen LogP contribution in [0.15, 0.2) is 6.07 Å². The second-order valence-electron chi connectivity index (χ2n) is 7.81. The quantitative estimate of drug-likeness (QED) is 0.730. The molecule has 0 aromatic carbocycles. The number of likely N-dealkylation sites (tertiary alicyclic amines) is 1. The van der Waals surface area contributed by atoms with E-state index in [-0.39, 0.29) is 5.41 Å². The number of amides is 1. The molecule has 0 bridgehead atoms. The Morgan fingerprint density at radius 2 is 2.12 bits per heavy atom. The van der Waals surface area contributed by atoms with Crippen LogP contribution in [0.2, 0.25) is 0 Å². The second-order valence-corrected chi connectivity index (χ2v) is 7.81. The number of hydrogen-bond acceptors (Lipinski definition) is 5. The van der Waals surface area contributed by atoms with Gasteiger partial charge in [-0.25, -0.2) is 9.97 Å². The topological polar surface area (TPSA) is 58.6 Å². The standard InChI is InChI=1S/C20H32N4O2/c1-4-17-13-18(22-16(2)21-17)23-10-5-8-20(14-23)9-7-19(25)24(15-20)11-6-12-26-3/h13H,4-12,14-15H2,1-3H3/t20-/m0/s1. The van der Waals surface area contributed by atoms with E-state index in [4.69, 9.17) is 9.72 Å². The van der Waals surface area contributed by atoms with Gasteiger partial charge in [0, 0.05) is 63.5 Å². The monoisotopic (exact) mass is 360 g/mol. The van der Waals surface area contributed by atoms with Crippen molar-refractivity contribution in [3.8, 4) is 0 Å². The van der Waals surface area contributed by atoms with Crippen molar-refractivity contribution in [2.75, 3.05) is 44.8 Å². The summed E-state index contributed by atoms with van der Waals surface area (Å²) < 4.78 is 5.15. The summed E-state index contributed by atoms with van der Waals surface area (Å²) in [6, 6.07) is 2.14. The van der Waals surface area contributed by atoms with Gasteiger partial charge in [-0.05, 0) is 39.0 Å². The van der Waals surface area contributed by atoms with Crippen LogP contribution in [-0.2, 0) is 16.0 Å². The molecule has 2 saturated heterocycles. The maximum atomic E-state index is 12.3. The number of anilines is 1. The summed E-state index contributed by atoms with van der Waals surface area (Å²) in [4.78, 5) is 26.0. The van der Waals surface area contributed by atoms with Crippen LogP contribution in [0.4, 0.5) is 5.82 Å². The maximum absolute atomic E-state index is 12.3. The first-order valence-electron chi connectivity index (χ1n) is 9.91. The number of methoxy groups -OCH3 is 1. The summed E-state index contributed by atoms with van der Waals surface area (Å²) in [5.41, 5.74) is 1.30. The molecule has 2 aliphatic rings. The molecule has 0 saturated carbocycles. The maximum Gasteiger partial charge on any atom is 0.222 e. The van der Waals surface area contributed by atoms with Crippen LogP contribution < -0.4 is 4.90 Å². The first-order chi connectivity index (χ1) is 12.5. The summed E-state index contributed by atoms with van der Waals surface area (Å²) in [7, 11) is 1.72. The van der Waals surface area contributed by atoms with Crippen LogP contribution in [0, 0.1) is 12.3 Å². The third kappa shape index (κ3) is 4.34. The number of aryl methyl sites for hydroxylation is 2. The molecule has 2 fully saturated rings. The van der Waals surface area contributed by atoms with Crippen LogP contribution in [0.1, 0.15) is 50.5 Å². The summed E-state index contributed by atoms with van der Waals surface area (Å²) in [6.07, 6.45) is 5.86. The van der Waals surface area contributed by atoms with Crippen molar-refractivity contribution in [3.63, 3.8) is 0 Å². The molecular formula is C20H32N4O2. The number of rotatable bonds is 6. The predicted molar refractivity (Wildman–Crippen MR) is 102 cm³/mol. The lowest BCUT2D eigenvalue weighted by atomic mass is 9.73. The van der Waals surface area contributed by atoms with Crippen molar-refractivity contribution in [1.82, 2.24) is 14.9 Å². The Balaban J connectivity index is 1.72. The van der Waals surface area contributed by atoms with E-state index in [1.165, 1.54) is 6.42 Å². The molecule has 1 aromatic heterocycles. The highest BCUT2D eigenvalue weighted by atomic mass is 16.5. The van der Waals surface area contributed by atoms with E-state index < -0.39 is 0 Å². The molecule has 6 heteroatoms. The van der Waals surface area contributed by atoms with E-state index in [0.29, 0.717) is 18.9 Å². The highest BCUT2D eigenvalue weighted by Crippen LogP contribution is 2.40. The zero-order valence-electron chi connectivity index (χ0n) is 16.5. The number of piperidine rings is 2. The fraction of sp³-hybridized carbons (Fsp3) is 0.750. The third-order valence-electron chi connectivity index (χ3n) is 5.75. The molecular weight excluding hydrogens is 328 g/mol. The molecule has 2 aliphatic heterocycles. The van der Waals surface area contributed by atoms with E-state index in [9.17, 15) is 4.79 Å². The summed E-state index contributed by atoms with van der Waals surface area (Å²) in [5.74, 6) is 2.20. The van der Waals surface area contributed by atoms with Crippen molar-refractivity contribution < 1.29 is 9.53 Å². The zero-order valence-corrected chi connectivity index (χ0v) is 16.5. The van der Waals surface area contributed by atoms with Crippen molar-refractivity contribution >= 4 is 11.7 Å². The van der Waals surface area contributed by atoms with Crippen LogP contribution in [0.5, 0.6) is 0 Å². The van der Waals surface area contributed by atoms with Gasteiger partial charge in [-0.15, -0.1) is 0 Å². The number of ether oxygens (including phenoxy) is 1. The smallest absolute Gasteiger partial charge is 0.222 e. The van der Waals surface area contributed by atoms with Gasteiger partial charge in [0.1, 0.15) is 11.6 Å². The highest BCUT2D eigenvalue weighted by molar-refractivity contribution is 5.77. The average molecular weight is 361 g/mol. The lowest BCUT2D eigenvalue weighted by molar-refractivity contribution is -0.138. The SMILES string of the molecule is CCc1cc(N2CCC[C@]3(CCC(=O)N(CCCOC)C3)C2)nc(C)n1. The molecule has 1 aromatic rings. The number of aromatic nitrogens is 2. The first-order valence-corrected chi connectivity index (χ1v) is 9.91.